The Bertz CT molecular complexity index is 1300. The van der Waals surface area contributed by atoms with E-state index < -0.39 is 0 Å². The fourth-order valence-electron chi connectivity index (χ4n) is 2.84. The summed E-state index contributed by atoms with van der Waals surface area (Å²) in [6.45, 7) is 0. The molecule has 33 heavy (non-hydrogen) atoms. The van der Waals surface area contributed by atoms with Crippen LogP contribution in [0.3, 0.4) is 0 Å². The second-order valence-electron chi connectivity index (χ2n) is 6.64. The first-order chi connectivity index (χ1) is 16.0. The molecule has 0 bridgehead atoms. The molecule has 0 spiro atoms. The number of hydrazone groups is 1. The van der Waals surface area contributed by atoms with Crippen LogP contribution in [0.2, 0.25) is 5.02 Å². The van der Waals surface area contributed by atoms with E-state index in [9.17, 15) is 9.90 Å². The third kappa shape index (κ3) is 5.78. The van der Waals surface area contributed by atoms with E-state index in [-0.39, 0.29) is 17.4 Å². The van der Waals surface area contributed by atoms with Gasteiger partial charge >= 0.3 is 0 Å². The van der Waals surface area contributed by atoms with E-state index in [2.05, 4.69) is 41.6 Å². The van der Waals surface area contributed by atoms with Gasteiger partial charge in [-0.1, -0.05) is 39.3 Å². The molecule has 0 saturated carbocycles. The SMILES string of the molecule is O=C(CSc1nnc(-c2ccncc2)n1-c1ccc(Cl)cc1)NN=Cc1cc(Br)ccc1O. The van der Waals surface area contributed by atoms with Gasteiger partial charge in [-0.15, -0.1) is 10.2 Å². The van der Waals surface area contributed by atoms with Gasteiger partial charge in [0.15, 0.2) is 11.0 Å². The highest BCUT2D eigenvalue weighted by atomic mass is 79.9. The summed E-state index contributed by atoms with van der Waals surface area (Å²) in [4.78, 5) is 16.4. The number of nitrogens with zero attached hydrogens (tertiary/aromatic N) is 5. The predicted molar refractivity (Wildman–Crippen MR) is 132 cm³/mol. The molecule has 0 aliphatic heterocycles. The predicted octanol–water partition coefficient (Wildman–Crippen LogP) is 4.69. The number of rotatable bonds is 7. The number of aromatic hydroxyl groups is 1. The zero-order valence-electron chi connectivity index (χ0n) is 16.9. The second-order valence-corrected chi connectivity index (χ2v) is 8.93. The maximum atomic E-state index is 12.3. The van der Waals surface area contributed by atoms with E-state index in [1.807, 2.05) is 28.8 Å². The van der Waals surface area contributed by atoms with E-state index >= 15 is 0 Å². The molecule has 0 aliphatic carbocycles. The van der Waals surface area contributed by atoms with Crippen molar-refractivity contribution in [3.63, 3.8) is 0 Å². The van der Waals surface area contributed by atoms with Crippen molar-refractivity contribution >= 4 is 51.4 Å². The summed E-state index contributed by atoms with van der Waals surface area (Å²) in [6, 6.07) is 15.9. The van der Waals surface area contributed by atoms with E-state index in [4.69, 9.17) is 11.6 Å². The van der Waals surface area contributed by atoms with Crippen LogP contribution in [-0.2, 0) is 4.79 Å². The number of carbonyl (C=O) groups is 1. The van der Waals surface area contributed by atoms with Crippen molar-refractivity contribution in [2.24, 2.45) is 5.10 Å². The van der Waals surface area contributed by atoms with Gasteiger partial charge in [0.25, 0.3) is 5.91 Å². The van der Waals surface area contributed by atoms with Gasteiger partial charge in [-0.3, -0.25) is 14.3 Å². The van der Waals surface area contributed by atoms with Crippen molar-refractivity contribution in [1.82, 2.24) is 25.2 Å². The molecular formula is C22H16BrClN6O2S. The van der Waals surface area contributed by atoms with Crippen molar-refractivity contribution in [2.75, 3.05) is 5.75 Å². The van der Waals surface area contributed by atoms with Gasteiger partial charge in [0.1, 0.15) is 5.75 Å². The molecule has 0 fully saturated rings. The zero-order chi connectivity index (χ0) is 23.2. The summed E-state index contributed by atoms with van der Waals surface area (Å²) in [5.41, 5.74) is 4.57. The lowest BCUT2D eigenvalue weighted by Crippen LogP contribution is -2.20. The van der Waals surface area contributed by atoms with Crippen LogP contribution in [0.25, 0.3) is 17.1 Å². The lowest BCUT2D eigenvalue weighted by molar-refractivity contribution is -0.118. The molecule has 11 heteroatoms. The molecule has 0 atom stereocenters. The topological polar surface area (TPSA) is 105 Å². The number of phenols is 1. The fraction of sp³-hybridized carbons (Fsp3) is 0.0455. The van der Waals surface area contributed by atoms with Gasteiger partial charge in [0.2, 0.25) is 0 Å². The summed E-state index contributed by atoms with van der Waals surface area (Å²) in [5.74, 6) is 0.405. The lowest BCUT2D eigenvalue weighted by atomic mass is 10.2. The number of pyridine rings is 1. The van der Waals surface area contributed by atoms with Crippen molar-refractivity contribution < 1.29 is 9.90 Å². The van der Waals surface area contributed by atoms with Gasteiger partial charge in [0.05, 0.1) is 12.0 Å². The summed E-state index contributed by atoms with van der Waals surface area (Å²) >= 11 is 10.6. The number of amides is 1. The Morgan fingerprint density at radius 1 is 1.15 bits per heavy atom. The molecule has 2 N–H and O–H groups in total. The molecule has 4 rings (SSSR count). The number of thioether (sulfide) groups is 1. The minimum atomic E-state index is -0.332. The van der Waals surface area contributed by atoms with Crippen LogP contribution < -0.4 is 5.43 Å². The Morgan fingerprint density at radius 3 is 2.67 bits per heavy atom. The first-order valence-electron chi connectivity index (χ1n) is 9.56. The molecule has 2 aromatic heterocycles. The minimum Gasteiger partial charge on any atom is -0.507 e. The number of phenolic OH excluding ortho intramolecular Hbond substituents is 1. The molecule has 0 unspecified atom stereocenters. The highest BCUT2D eigenvalue weighted by molar-refractivity contribution is 9.10. The molecule has 0 saturated heterocycles. The van der Waals surface area contributed by atoms with Crippen LogP contribution in [0.4, 0.5) is 0 Å². The standard InChI is InChI=1S/C22H16BrClN6O2S/c23-16-1-6-19(31)15(11-16)12-26-27-20(32)13-33-22-29-28-21(14-7-9-25-10-8-14)30(22)18-4-2-17(24)3-5-18/h1-12,31H,13H2,(H,27,32). The summed E-state index contributed by atoms with van der Waals surface area (Å²) in [5, 5.41) is 23.5. The Kier molecular flexibility index (Phi) is 7.38. The van der Waals surface area contributed by atoms with Crippen LogP contribution in [0.5, 0.6) is 5.75 Å². The number of halogens is 2. The van der Waals surface area contributed by atoms with Gasteiger partial charge < -0.3 is 5.11 Å². The van der Waals surface area contributed by atoms with Gasteiger partial charge in [0, 0.05) is 38.7 Å². The number of hydrogen-bond acceptors (Lipinski definition) is 7. The van der Waals surface area contributed by atoms with Crippen molar-refractivity contribution in [1.29, 1.82) is 0 Å². The Balaban J connectivity index is 1.50. The molecule has 0 aliphatic rings. The smallest absolute Gasteiger partial charge is 0.250 e. The van der Waals surface area contributed by atoms with Gasteiger partial charge in [-0.05, 0) is 54.6 Å². The second kappa shape index (κ2) is 10.6. The molecule has 2 aromatic carbocycles. The van der Waals surface area contributed by atoms with Crippen LogP contribution in [0.1, 0.15) is 5.56 Å². The number of aromatic nitrogens is 4. The normalized spacial score (nSPS) is 11.1. The lowest BCUT2D eigenvalue weighted by Gasteiger charge is -2.10. The van der Waals surface area contributed by atoms with E-state index in [1.165, 1.54) is 24.0 Å². The molecular weight excluding hydrogens is 528 g/mol. The third-order valence-electron chi connectivity index (χ3n) is 4.37. The van der Waals surface area contributed by atoms with E-state index in [0.29, 0.717) is 21.6 Å². The molecule has 2 heterocycles. The Morgan fingerprint density at radius 2 is 1.91 bits per heavy atom. The summed E-state index contributed by atoms with van der Waals surface area (Å²) in [6.07, 6.45) is 4.73. The molecule has 166 valence electrons. The van der Waals surface area contributed by atoms with Crippen molar-refractivity contribution in [2.45, 2.75) is 5.16 Å². The number of nitrogens with one attached hydrogen (secondary N) is 1. The summed E-state index contributed by atoms with van der Waals surface area (Å²) < 4.78 is 2.64. The average molecular weight is 544 g/mol. The monoisotopic (exact) mass is 542 g/mol. The average Bonchev–Trinajstić information content (AvgIpc) is 3.25. The highest BCUT2D eigenvalue weighted by Crippen LogP contribution is 2.28. The number of carbonyl (C=O) groups excluding carboxylic acids is 1. The Hall–Kier alpha value is -3.21. The van der Waals surface area contributed by atoms with Crippen LogP contribution in [-0.4, -0.2) is 42.7 Å². The first kappa shape index (κ1) is 23.0. The molecule has 4 aromatic rings. The van der Waals surface area contributed by atoms with Crippen LogP contribution in [0, 0.1) is 0 Å². The Labute approximate surface area is 206 Å². The fourth-order valence-corrected chi connectivity index (χ4v) is 4.09. The van der Waals surface area contributed by atoms with Gasteiger partial charge in [-0.2, -0.15) is 5.10 Å². The largest absolute Gasteiger partial charge is 0.507 e. The van der Waals surface area contributed by atoms with E-state index in [1.54, 1.807) is 36.7 Å². The van der Waals surface area contributed by atoms with Gasteiger partial charge in [-0.25, -0.2) is 5.43 Å². The summed E-state index contributed by atoms with van der Waals surface area (Å²) in [7, 11) is 0. The third-order valence-corrected chi connectivity index (χ3v) is 6.05. The van der Waals surface area contributed by atoms with Crippen molar-refractivity contribution in [3.8, 4) is 22.8 Å². The molecule has 1 amide bonds. The van der Waals surface area contributed by atoms with Crippen LogP contribution in [0.15, 0.2) is 81.7 Å². The maximum Gasteiger partial charge on any atom is 0.250 e. The maximum absolute atomic E-state index is 12.3. The van der Waals surface area contributed by atoms with Crippen LogP contribution >= 0.6 is 39.3 Å². The van der Waals surface area contributed by atoms with Crippen molar-refractivity contribution in [3.05, 3.63) is 82.0 Å². The zero-order valence-corrected chi connectivity index (χ0v) is 20.0. The molecule has 8 nitrogen and oxygen atoms in total. The van der Waals surface area contributed by atoms with E-state index in [0.717, 1.165) is 15.7 Å². The minimum absolute atomic E-state index is 0.0594. The number of benzene rings is 2. The number of hydrogen-bond donors (Lipinski definition) is 2. The first-order valence-corrected chi connectivity index (χ1v) is 11.7. The quantitative estimate of drug-likeness (QED) is 0.199. The highest BCUT2D eigenvalue weighted by Gasteiger charge is 2.17. The molecule has 0 radical (unpaired) electrons.